The van der Waals surface area contributed by atoms with E-state index in [-0.39, 0.29) is 5.60 Å². The van der Waals surface area contributed by atoms with Gasteiger partial charge in [0.2, 0.25) is 0 Å². The topological polar surface area (TPSA) is 9.23 Å². The molecule has 1 saturated heterocycles. The quantitative estimate of drug-likeness (QED) is 0.574. The number of rotatable bonds is 0. The minimum Gasteiger partial charge on any atom is -0.362 e. The molecule has 2 saturated carbocycles. The zero-order valence-electron chi connectivity index (χ0n) is 11.3. The summed E-state index contributed by atoms with van der Waals surface area (Å²) in [5.41, 5.74) is 1.92. The number of hydrogen-bond donors (Lipinski definition) is 0. The smallest absolute Gasteiger partial charge is 0.0936 e. The fourth-order valence-corrected chi connectivity index (χ4v) is 5.16. The zero-order chi connectivity index (χ0) is 12.2. The monoisotopic (exact) mass is 244 g/mol. The lowest BCUT2D eigenvalue weighted by Crippen LogP contribution is -2.54. The molecule has 0 N–H and O–H groups in total. The molecule has 0 aromatic heterocycles. The predicted molar refractivity (Wildman–Crippen MR) is 73.4 cm³/mol. The molecule has 0 aromatic carbocycles. The van der Waals surface area contributed by atoms with Gasteiger partial charge >= 0.3 is 0 Å². The van der Waals surface area contributed by atoms with Gasteiger partial charge in [0.25, 0.3) is 0 Å². The lowest BCUT2D eigenvalue weighted by Gasteiger charge is -2.55. The van der Waals surface area contributed by atoms with Crippen LogP contribution >= 0.6 is 0 Å². The number of ether oxygens (including phenoxy) is 1. The average Bonchev–Trinajstić information content (AvgIpc) is 2.81. The van der Waals surface area contributed by atoms with Gasteiger partial charge in [-0.3, -0.25) is 0 Å². The van der Waals surface area contributed by atoms with E-state index in [1.54, 1.807) is 5.57 Å². The van der Waals surface area contributed by atoms with Crippen LogP contribution in [-0.2, 0) is 4.74 Å². The molecule has 2 spiro atoms. The molecule has 0 radical (unpaired) electrons. The summed E-state index contributed by atoms with van der Waals surface area (Å²) in [7, 11) is 0. The Labute approximate surface area is 110 Å². The van der Waals surface area contributed by atoms with Crippen LogP contribution in [-0.4, -0.2) is 11.7 Å². The number of fused-ring (bicyclic) bond motifs is 2. The van der Waals surface area contributed by atoms with E-state index in [2.05, 4.69) is 18.7 Å². The first-order valence-electron chi connectivity index (χ1n) is 7.83. The van der Waals surface area contributed by atoms with E-state index < -0.39 is 0 Å². The Bertz CT molecular complexity index is 402. The maximum atomic E-state index is 6.58. The van der Waals surface area contributed by atoms with Crippen molar-refractivity contribution in [1.29, 1.82) is 0 Å². The Morgan fingerprint density at radius 3 is 2.67 bits per heavy atom. The van der Waals surface area contributed by atoms with E-state index >= 15 is 0 Å². The van der Waals surface area contributed by atoms with Crippen molar-refractivity contribution in [2.75, 3.05) is 0 Å². The molecule has 98 valence electrons. The highest BCUT2D eigenvalue weighted by Crippen LogP contribution is 2.61. The van der Waals surface area contributed by atoms with Crippen molar-refractivity contribution in [2.24, 2.45) is 11.3 Å². The van der Waals surface area contributed by atoms with Gasteiger partial charge < -0.3 is 4.74 Å². The van der Waals surface area contributed by atoms with Gasteiger partial charge in [-0.1, -0.05) is 56.4 Å². The zero-order valence-corrected chi connectivity index (χ0v) is 11.3. The Kier molecular flexibility index (Phi) is 2.33. The van der Waals surface area contributed by atoms with Gasteiger partial charge in [-0.25, -0.2) is 0 Å². The Balaban J connectivity index is 1.76. The first-order chi connectivity index (χ1) is 8.77. The summed E-state index contributed by atoms with van der Waals surface area (Å²) in [4.78, 5) is 0. The predicted octanol–water partition coefficient (Wildman–Crippen LogP) is 4.39. The Morgan fingerprint density at radius 2 is 1.83 bits per heavy atom. The second-order valence-corrected chi connectivity index (χ2v) is 6.89. The lowest BCUT2D eigenvalue weighted by molar-refractivity contribution is -0.151. The molecule has 4 rings (SSSR count). The van der Waals surface area contributed by atoms with E-state index in [0.29, 0.717) is 17.4 Å². The fourth-order valence-electron chi connectivity index (χ4n) is 5.16. The highest BCUT2D eigenvalue weighted by atomic mass is 16.5. The average molecular weight is 244 g/mol. The second-order valence-electron chi connectivity index (χ2n) is 6.89. The third kappa shape index (κ3) is 1.27. The molecule has 18 heavy (non-hydrogen) atoms. The van der Waals surface area contributed by atoms with Gasteiger partial charge in [0.15, 0.2) is 0 Å². The van der Waals surface area contributed by atoms with Crippen molar-refractivity contribution in [3.63, 3.8) is 0 Å². The number of hydrogen-bond acceptors (Lipinski definition) is 1. The molecule has 1 heteroatoms. The maximum Gasteiger partial charge on any atom is 0.0936 e. The second kappa shape index (κ2) is 3.72. The summed E-state index contributed by atoms with van der Waals surface area (Å²) in [6, 6.07) is 0. The van der Waals surface area contributed by atoms with Crippen LogP contribution < -0.4 is 0 Å². The van der Waals surface area contributed by atoms with Gasteiger partial charge in [0.1, 0.15) is 0 Å². The van der Waals surface area contributed by atoms with Crippen LogP contribution in [0.3, 0.4) is 0 Å². The van der Waals surface area contributed by atoms with Crippen LogP contribution in [0.4, 0.5) is 0 Å². The molecule has 1 nitrogen and oxygen atoms in total. The summed E-state index contributed by atoms with van der Waals surface area (Å²) in [5, 5.41) is 0. The maximum absolute atomic E-state index is 6.58. The van der Waals surface area contributed by atoms with Crippen molar-refractivity contribution in [3.8, 4) is 0 Å². The summed E-state index contributed by atoms with van der Waals surface area (Å²) in [6.45, 7) is 4.59. The van der Waals surface area contributed by atoms with Gasteiger partial charge in [-0.05, 0) is 25.7 Å². The lowest BCUT2D eigenvalue weighted by atomic mass is 9.58. The first kappa shape index (κ1) is 11.3. The molecular formula is C17H24O. The van der Waals surface area contributed by atoms with E-state index in [0.717, 1.165) is 0 Å². The van der Waals surface area contributed by atoms with Crippen molar-refractivity contribution in [2.45, 2.75) is 69.5 Å². The standard InChI is InChI=1S/C17H24O/c1-13-14-7-3-6-11-17(14)12-8-15(18-17)16(13)9-4-2-5-10-16/h8,12,14-15H,1-7,9-11H2/t14-,15+,17-/m1/s1. The van der Waals surface area contributed by atoms with Gasteiger partial charge in [0, 0.05) is 11.3 Å². The van der Waals surface area contributed by atoms with E-state index in [1.807, 2.05) is 0 Å². The minimum atomic E-state index is 0.0582. The molecule has 2 aliphatic carbocycles. The van der Waals surface area contributed by atoms with Crippen LogP contribution in [0, 0.1) is 11.3 Å². The first-order valence-corrected chi connectivity index (χ1v) is 7.83. The fraction of sp³-hybridized carbons (Fsp3) is 0.765. The van der Waals surface area contributed by atoms with Crippen LogP contribution in [0.2, 0.25) is 0 Å². The van der Waals surface area contributed by atoms with Crippen molar-refractivity contribution >= 4 is 0 Å². The third-order valence-electron chi connectivity index (χ3n) is 6.15. The molecule has 2 heterocycles. The summed E-state index contributed by atoms with van der Waals surface area (Å²) < 4.78 is 6.58. The molecule has 0 aromatic rings. The largest absolute Gasteiger partial charge is 0.362 e. The molecule has 3 atom stereocenters. The molecule has 3 fully saturated rings. The van der Waals surface area contributed by atoms with Gasteiger partial charge in [-0.15, -0.1) is 0 Å². The molecule has 2 bridgehead atoms. The SMILES string of the molecule is C=C1[C@H]2CCCC[C@@]23C=C[C@H](O3)C12CCCCC2. The van der Waals surface area contributed by atoms with E-state index in [9.17, 15) is 0 Å². The van der Waals surface area contributed by atoms with Crippen LogP contribution in [0.15, 0.2) is 24.3 Å². The highest BCUT2D eigenvalue weighted by molar-refractivity contribution is 5.36. The van der Waals surface area contributed by atoms with E-state index in [1.165, 1.54) is 57.8 Å². The molecule has 2 aliphatic heterocycles. The normalized spacial score (nSPS) is 45.2. The van der Waals surface area contributed by atoms with Gasteiger partial charge in [0.05, 0.1) is 11.7 Å². The summed E-state index contributed by atoms with van der Waals surface area (Å²) in [5.74, 6) is 0.611. The van der Waals surface area contributed by atoms with Crippen molar-refractivity contribution in [3.05, 3.63) is 24.3 Å². The van der Waals surface area contributed by atoms with Gasteiger partial charge in [-0.2, -0.15) is 0 Å². The Hall–Kier alpha value is -0.560. The van der Waals surface area contributed by atoms with Crippen LogP contribution in [0.1, 0.15) is 57.8 Å². The Morgan fingerprint density at radius 1 is 1.06 bits per heavy atom. The third-order valence-corrected chi connectivity index (χ3v) is 6.15. The van der Waals surface area contributed by atoms with E-state index in [4.69, 9.17) is 4.74 Å². The molecular weight excluding hydrogens is 220 g/mol. The molecule has 0 amide bonds. The minimum absolute atomic E-state index is 0.0582. The summed E-state index contributed by atoms with van der Waals surface area (Å²) >= 11 is 0. The molecule has 0 unspecified atom stereocenters. The van der Waals surface area contributed by atoms with Crippen molar-refractivity contribution in [1.82, 2.24) is 0 Å². The van der Waals surface area contributed by atoms with Crippen LogP contribution in [0.25, 0.3) is 0 Å². The highest BCUT2D eigenvalue weighted by Gasteiger charge is 2.59. The molecule has 4 aliphatic rings. The van der Waals surface area contributed by atoms with Crippen molar-refractivity contribution < 1.29 is 4.74 Å². The summed E-state index contributed by atoms with van der Waals surface area (Å²) in [6.07, 6.45) is 17.1. The van der Waals surface area contributed by atoms with Crippen LogP contribution in [0.5, 0.6) is 0 Å².